The molecular formula is C23H36N6O2. The van der Waals surface area contributed by atoms with Crippen LogP contribution in [-0.4, -0.2) is 53.0 Å². The van der Waals surface area contributed by atoms with Crippen LogP contribution in [0, 0.1) is 0 Å². The summed E-state index contributed by atoms with van der Waals surface area (Å²) < 4.78 is 7.22. The van der Waals surface area contributed by atoms with Crippen LogP contribution in [0.3, 0.4) is 0 Å². The lowest BCUT2D eigenvalue weighted by molar-refractivity contribution is 0.0285. The number of guanidine groups is 1. The van der Waals surface area contributed by atoms with E-state index < -0.39 is 5.60 Å². The Kier molecular flexibility index (Phi) is 8.90. The SMILES string of the molecule is CN=C(NCCCc1cnn(C)c1)NCc1ccc(CN(C)C(=O)OC(C)(C)C)cc1. The first-order valence-electron chi connectivity index (χ1n) is 10.6. The maximum absolute atomic E-state index is 12.1. The Hall–Kier alpha value is -3.03. The molecule has 1 aromatic carbocycles. The van der Waals surface area contributed by atoms with E-state index in [9.17, 15) is 4.79 Å². The van der Waals surface area contributed by atoms with E-state index >= 15 is 0 Å². The number of benzene rings is 1. The first-order valence-corrected chi connectivity index (χ1v) is 10.6. The van der Waals surface area contributed by atoms with E-state index in [1.807, 2.05) is 57.0 Å². The summed E-state index contributed by atoms with van der Waals surface area (Å²) in [7, 11) is 5.44. The van der Waals surface area contributed by atoms with Crippen LogP contribution in [0.4, 0.5) is 4.79 Å². The van der Waals surface area contributed by atoms with E-state index in [4.69, 9.17) is 4.74 Å². The Morgan fingerprint density at radius 1 is 1.16 bits per heavy atom. The van der Waals surface area contributed by atoms with Gasteiger partial charge in [-0.3, -0.25) is 9.67 Å². The Bertz CT molecular complexity index is 852. The summed E-state index contributed by atoms with van der Waals surface area (Å²) >= 11 is 0. The molecule has 0 radical (unpaired) electrons. The highest BCUT2D eigenvalue weighted by Crippen LogP contribution is 2.12. The average molecular weight is 429 g/mol. The molecule has 1 heterocycles. The second-order valence-corrected chi connectivity index (χ2v) is 8.63. The molecule has 170 valence electrons. The zero-order valence-electron chi connectivity index (χ0n) is 19.6. The molecule has 0 saturated heterocycles. The second-order valence-electron chi connectivity index (χ2n) is 8.63. The Labute approximate surface area is 185 Å². The van der Waals surface area contributed by atoms with Gasteiger partial charge in [0, 0.05) is 47.0 Å². The maximum Gasteiger partial charge on any atom is 0.410 e. The van der Waals surface area contributed by atoms with Crippen molar-refractivity contribution in [1.29, 1.82) is 0 Å². The number of aliphatic imine (C=N–C) groups is 1. The molecule has 1 amide bonds. The zero-order chi connectivity index (χ0) is 22.9. The second kappa shape index (κ2) is 11.4. The lowest BCUT2D eigenvalue weighted by Gasteiger charge is -2.24. The predicted octanol–water partition coefficient (Wildman–Crippen LogP) is 3.08. The smallest absolute Gasteiger partial charge is 0.410 e. The molecule has 0 spiro atoms. The normalized spacial score (nSPS) is 11.9. The number of rotatable bonds is 8. The number of hydrogen-bond acceptors (Lipinski definition) is 4. The monoisotopic (exact) mass is 428 g/mol. The molecule has 0 saturated carbocycles. The van der Waals surface area contributed by atoms with Crippen LogP contribution in [0.5, 0.6) is 0 Å². The van der Waals surface area contributed by atoms with Crippen molar-refractivity contribution in [2.75, 3.05) is 20.6 Å². The molecule has 31 heavy (non-hydrogen) atoms. The molecule has 8 heteroatoms. The van der Waals surface area contributed by atoms with Crippen molar-refractivity contribution in [1.82, 2.24) is 25.3 Å². The van der Waals surface area contributed by atoms with Crippen LogP contribution in [0.15, 0.2) is 41.7 Å². The summed E-state index contributed by atoms with van der Waals surface area (Å²) in [5.74, 6) is 0.778. The van der Waals surface area contributed by atoms with E-state index in [0.717, 1.165) is 36.5 Å². The molecule has 1 aromatic heterocycles. The minimum atomic E-state index is -0.494. The van der Waals surface area contributed by atoms with Gasteiger partial charge in [-0.2, -0.15) is 5.10 Å². The molecule has 2 aromatic rings. The number of amides is 1. The van der Waals surface area contributed by atoms with Gasteiger partial charge in [0.15, 0.2) is 5.96 Å². The number of hydrogen-bond donors (Lipinski definition) is 2. The molecule has 2 rings (SSSR count). The van der Waals surface area contributed by atoms with Crippen molar-refractivity contribution in [3.63, 3.8) is 0 Å². The largest absolute Gasteiger partial charge is 0.444 e. The first kappa shape index (κ1) is 24.2. The van der Waals surface area contributed by atoms with Crippen molar-refractivity contribution in [3.05, 3.63) is 53.3 Å². The summed E-state index contributed by atoms with van der Waals surface area (Å²) in [4.78, 5) is 18.0. The van der Waals surface area contributed by atoms with Crippen LogP contribution >= 0.6 is 0 Å². The fourth-order valence-corrected chi connectivity index (χ4v) is 2.95. The highest BCUT2D eigenvalue weighted by molar-refractivity contribution is 5.79. The van der Waals surface area contributed by atoms with Crippen LogP contribution < -0.4 is 10.6 Å². The van der Waals surface area contributed by atoms with E-state index in [1.54, 1.807) is 19.0 Å². The molecule has 0 atom stereocenters. The minimum absolute atomic E-state index is 0.323. The number of nitrogens with one attached hydrogen (secondary N) is 2. The fraction of sp³-hybridized carbons (Fsp3) is 0.522. The van der Waals surface area contributed by atoms with E-state index in [0.29, 0.717) is 13.1 Å². The highest BCUT2D eigenvalue weighted by atomic mass is 16.6. The van der Waals surface area contributed by atoms with Crippen molar-refractivity contribution in [2.24, 2.45) is 12.0 Å². The van der Waals surface area contributed by atoms with Crippen LogP contribution in [0.1, 0.15) is 43.9 Å². The summed E-state index contributed by atoms with van der Waals surface area (Å²) in [6, 6.07) is 8.17. The molecule has 0 aliphatic carbocycles. The molecule has 0 aliphatic heterocycles. The standard InChI is InChI=1S/C23H36N6O2/c1-23(2,3)31-22(30)28(5)16-19-11-9-18(10-12-19)14-26-21(24-4)25-13-7-8-20-15-27-29(6)17-20/h9-12,15,17H,7-8,13-14,16H2,1-6H3,(H2,24,25,26). The Morgan fingerprint density at radius 3 is 2.42 bits per heavy atom. The molecule has 0 aliphatic rings. The lowest BCUT2D eigenvalue weighted by atomic mass is 10.1. The number of aromatic nitrogens is 2. The van der Waals surface area contributed by atoms with E-state index in [2.05, 4.69) is 32.9 Å². The number of ether oxygens (including phenoxy) is 1. The highest BCUT2D eigenvalue weighted by Gasteiger charge is 2.19. The Balaban J connectivity index is 1.72. The zero-order valence-corrected chi connectivity index (χ0v) is 19.6. The fourth-order valence-electron chi connectivity index (χ4n) is 2.95. The van der Waals surface area contributed by atoms with Crippen molar-refractivity contribution < 1.29 is 9.53 Å². The van der Waals surface area contributed by atoms with Gasteiger partial charge < -0.3 is 20.3 Å². The van der Waals surface area contributed by atoms with Gasteiger partial charge in [-0.1, -0.05) is 24.3 Å². The van der Waals surface area contributed by atoms with Gasteiger partial charge in [0.25, 0.3) is 0 Å². The molecule has 0 fully saturated rings. The van der Waals surface area contributed by atoms with Crippen molar-refractivity contribution >= 4 is 12.1 Å². The third-order valence-corrected chi connectivity index (χ3v) is 4.52. The average Bonchev–Trinajstić information content (AvgIpc) is 3.12. The maximum atomic E-state index is 12.1. The molecule has 2 N–H and O–H groups in total. The van der Waals surface area contributed by atoms with Gasteiger partial charge in [-0.15, -0.1) is 0 Å². The third-order valence-electron chi connectivity index (χ3n) is 4.52. The van der Waals surface area contributed by atoms with Crippen LogP contribution in [0.25, 0.3) is 0 Å². The first-order chi connectivity index (χ1) is 14.7. The third kappa shape index (κ3) is 9.11. The predicted molar refractivity (Wildman–Crippen MR) is 124 cm³/mol. The number of carbonyl (C=O) groups excluding carboxylic acids is 1. The molecule has 8 nitrogen and oxygen atoms in total. The molecule has 0 unspecified atom stereocenters. The topological polar surface area (TPSA) is 83.8 Å². The van der Waals surface area contributed by atoms with Crippen molar-refractivity contribution in [2.45, 2.75) is 52.3 Å². The van der Waals surface area contributed by atoms with Gasteiger partial charge in [0.1, 0.15) is 5.60 Å². The molecular weight excluding hydrogens is 392 g/mol. The van der Waals surface area contributed by atoms with E-state index in [-0.39, 0.29) is 6.09 Å². The summed E-state index contributed by atoms with van der Waals surface area (Å²) in [5, 5.41) is 10.9. The van der Waals surface area contributed by atoms with Gasteiger partial charge in [-0.05, 0) is 50.3 Å². The Morgan fingerprint density at radius 2 is 1.84 bits per heavy atom. The number of nitrogens with zero attached hydrogens (tertiary/aromatic N) is 4. The van der Waals surface area contributed by atoms with Crippen LogP contribution in [-0.2, 0) is 31.3 Å². The summed E-state index contributed by atoms with van der Waals surface area (Å²) in [6.45, 7) is 7.61. The number of carbonyl (C=O) groups is 1. The summed E-state index contributed by atoms with van der Waals surface area (Å²) in [6.07, 6.45) is 5.62. The van der Waals surface area contributed by atoms with Gasteiger partial charge in [0.2, 0.25) is 0 Å². The van der Waals surface area contributed by atoms with E-state index in [1.165, 1.54) is 5.56 Å². The van der Waals surface area contributed by atoms with Crippen LogP contribution in [0.2, 0.25) is 0 Å². The quantitative estimate of drug-likeness (QED) is 0.384. The van der Waals surface area contributed by atoms with Gasteiger partial charge in [-0.25, -0.2) is 4.79 Å². The minimum Gasteiger partial charge on any atom is -0.444 e. The van der Waals surface area contributed by atoms with Gasteiger partial charge >= 0.3 is 6.09 Å². The lowest BCUT2D eigenvalue weighted by Crippen LogP contribution is -2.37. The van der Waals surface area contributed by atoms with Crippen molar-refractivity contribution in [3.8, 4) is 0 Å². The summed E-state index contributed by atoms with van der Waals surface area (Å²) in [5.41, 5.74) is 2.94. The molecule has 0 bridgehead atoms. The van der Waals surface area contributed by atoms with Gasteiger partial charge in [0.05, 0.1) is 6.20 Å². The number of aryl methyl sites for hydroxylation is 2.